The van der Waals surface area contributed by atoms with Gasteiger partial charge in [-0.25, -0.2) is 4.79 Å². The van der Waals surface area contributed by atoms with Crippen molar-refractivity contribution in [3.63, 3.8) is 0 Å². The standard InChI is InChI=1S/C9H12N2O2/c1-7-3-4-8(5-10)6-11(7)9(12)13-2/h4,7H,3,6H2,1-2H3. The molecule has 0 aromatic carbocycles. The predicted octanol–water partition coefficient (Wildman–Crippen LogP) is 1.30. The van der Waals surface area contributed by atoms with Gasteiger partial charge in [0, 0.05) is 11.6 Å². The third kappa shape index (κ3) is 2.00. The molecule has 1 aliphatic rings. The third-order valence-corrected chi connectivity index (χ3v) is 2.13. The van der Waals surface area contributed by atoms with Crippen molar-refractivity contribution in [2.75, 3.05) is 13.7 Å². The molecule has 4 nitrogen and oxygen atoms in total. The lowest BCUT2D eigenvalue weighted by Crippen LogP contribution is -2.41. The average Bonchev–Trinajstić information content (AvgIpc) is 2.17. The highest BCUT2D eigenvalue weighted by molar-refractivity contribution is 5.68. The van der Waals surface area contributed by atoms with Crippen molar-refractivity contribution in [3.8, 4) is 6.07 Å². The molecule has 70 valence electrons. The van der Waals surface area contributed by atoms with E-state index in [2.05, 4.69) is 4.74 Å². The molecule has 0 aliphatic carbocycles. The molecule has 0 saturated heterocycles. The fraction of sp³-hybridized carbons (Fsp3) is 0.556. The van der Waals surface area contributed by atoms with Gasteiger partial charge in [0.25, 0.3) is 0 Å². The quantitative estimate of drug-likeness (QED) is 0.564. The first kappa shape index (κ1) is 9.59. The summed E-state index contributed by atoms with van der Waals surface area (Å²) in [6, 6.07) is 2.16. The van der Waals surface area contributed by atoms with Crippen LogP contribution in [0.25, 0.3) is 0 Å². The Morgan fingerprint density at radius 2 is 2.54 bits per heavy atom. The van der Waals surface area contributed by atoms with Gasteiger partial charge in [-0.05, 0) is 13.3 Å². The predicted molar refractivity (Wildman–Crippen MR) is 46.9 cm³/mol. The monoisotopic (exact) mass is 180 g/mol. The minimum atomic E-state index is -0.367. The van der Waals surface area contributed by atoms with Gasteiger partial charge in [0.1, 0.15) is 0 Å². The van der Waals surface area contributed by atoms with E-state index in [4.69, 9.17) is 5.26 Å². The summed E-state index contributed by atoms with van der Waals surface area (Å²) in [4.78, 5) is 12.8. The van der Waals surface area contributed by atoms with Crippen LogP contribution < -0.4 is 0 Å². The van der Waals surface area contributed by atoms with E-state index >= 15 is 0 Å². The number of rotatable bonds is 0. The Morgan fingerprint density at radius 1 is 1.85 bits per heavy atom. The van der Waals surface area contributed by atoms with Crippen molar-refractivity contribution < 1.29 is 9.53 Å². The van der Waals surface area contributed by atoms with Gasteiger partial charge < -0.3 is 9.64 Å². The maximum atomic E-state index is 11.2. The number of nitrogens with zero attached hydrogens (tertiary/aromatic N) is 2. The van der Waals surface area contributed by atoms with Crippen molar-refractivity contribution in [1.29, 1.82) is 5.26 Å². The van der Waals surface area contributed by atoms with E-state index in [9.17, 15) is 4.79 Å². The van der Waals surface area contributed by atoms with E-state index < -0.39 is 0 Å². The lowest BCUT2D eigenvalue weighted by Gasteiger charge is -2.30. The Kier molecular flexibility index (Phi) is 2.91. The van der Waals surface area contributed by atoms with Gasteiger partial charge >= 0.3 is 6.09 Å². The Bertz CT molecular complexity index is 278. The molecule has 0 spiro atoms. The maximum Gasteiger partial charge on any atom is 0.410 e. The second kappa shape index (κ2) is 3.94. The van der Waals surface area contributed by atoms with Gasteiger partial charge in [-0.1, -0.05) is 6.08 Å². The summed E-state index contributed by atoms with van der Waals surface area (Å²) < 4.78 is 4.60. The second-order valence-corrected chi connectivity index (χ2v) is 3.02. The minimum absolute atomic E-state index is 0.115. The normalized spacial score (nSPS) is 21.8. The van der Waals surface area contributed by atoms with Gasteiger partial charge in [-0.3, -0.25) is 0 Å². The van der Waals surface area contributed by atoms with E-state index in [1.165, 1.54) is 7.11 Å². The SMILES string of the molecule is COC(=O)N1CC(C#N)=CCC1C. The molecule has 1 unspecified atom stereocenters. The van der Waals surface area contributed by atoms with E-state index in [1.807, 2.05) is 19.1 Å². The summed E-state index contributed by atoms with van der Waals surface area (Å²) >= 11 is 0. The highest BCUT2D eigenvalue weighted by atomic mass is 16.5. The number of hydrogen-bond donors (Lipinski definition) is 0. The molecule has 1 aliphatic heterocycles. The molecule has 1 atom stereocenters. The van der Waals surface area contributed by atoms with Gasteiger partial charge in [0.2, 0.25) is 0 Å². The smallest absolute Gasteiger partial charge is 0.410 e. The number of nitriles is 1. The minimum Gasteiger partial charge on any atom is -0.453 e. The summed E-state index contributed by atoms with van der Waals surface area (Å²) in [6.45, 7) is 2.30. The first-order valence-electron chi connectivity index (χ1n) is 4.12. The van der Waals surface area contributed by atoms with Crippen LogP contribution in [-0.2, 0) is 4.74 Å². The summed E-state index contributed by atoms with van der Waals surface area (Å²) in [5.74, 6) is 0. The Morgan fingerprint density at radius 3 is 3.08 bits per heavy atom. The van der Waals surface area contributed by atoms with Crippen LogP contribution in [0.2, 0.25) is 0 Å². The maximum absolute atomic E-state index is 11.2. The van der Waals surface area contributed by atoms with Gasteiger partial charge in [-0.15, -0.1) is 0 Å². The molecule has 13 heavy (non-hydrogen) atoms. The number of methoxy groups -OCH3 is 1. The number of carbonyl (C=O) groups excluding carboxylic acids is 1. The van der Waals surface area contributed by atoms with Gasteiger partial charge in [-0.2, -0.15) is 5.26 Å². The fourth-order valence-corrected chi connectivity index (χ4v) is 1.29. The first-order chi connectivity index (χ1) is 6.19. The molecule has 1 rings (SSSR count). The van der Waals surface area contributed by atoms with Crippen LogP contribution in [0.1, 0.15) is 13.3 Å². The topological polar surface area (TPSA) is 53.3 Å². The lowest BCUT2D eigenvalue weighted by molar-refractivity contribution is 0.111. The van der Waals surface area contributed by atoms with Crippen molar-refractivity contribution in [1.82, 2.24) is 4.90 Å². The molecular weight excluding hydrogens is 168 g/mol. The van der Waals surface area contributed by atoms with E-state index in [0.717, 1.165) is 6.42 Å². The Labute approximate surface area is 77.4 Å². The molecule has 0 radical (unpaired) electrons. The summed E-state index contributed by atoms with van der Waals surface area (Å²) in [7, 11) is 1.35. The fourth-order valence-electron chi connectivity index (χ4n) is 1.29. The Hall–Kier alpha value is -1.50. The van der Waals surface area contributed by atoms with Crippen molar-refractivity contribution in [2.45, 2.75) is 19.4 Å². The van der Waals surface area contributed by atoms with Crippen LogP contribution in [-0.4, -0.2) is 30.7 Å². The van der Waals surface area contributed by atoms with E-state index in [-0.39, 0.29) is 12.1 Å². The molecular formula is C9H12N2O2. The molecule has 0 bridgehead atoms. The summed E-state index contributed by atoms with van der Waals surface area (Å²) in [6.07, 6.45) is 2.22. The average molecular weight is 180 g/mol. The zero-order valence-corrected chi connectivity index (χ0v) is 7.78. The molecule has 4 heteroatoms. The number of hydrogen-bond acceptors (Lipinski definition) is 3. The van der Waals surface area contributed by atoms with Crippen molar-refractivity contribution in [2.24, 2.45) is 0 Å². The zero-order chi connectivity index (χ0) is 9.84. The van der Waals surface area contributed by atoms with Crippen LogP contribution in [0.3, 0.4) is 0 Å². The number of ether oxygens (including phenoxy) is 1. The Balaban J connectivity index is 2.73. The zero-order valence-electron chi connectivity index (χ0n) is 7.78. The molecule has 0 fully saturated rings. The van der Waals surface area contributed by atoms with Crippen molar-refractivity contribution >= 4 is 6.09 Å². The molecule has 0 aromatic heterocycles. The molecule has 0 N–H and O–H groups in total. The van der Waals surface area contributed by atoms with E-state index in [1.54, 1.807) is 4.90 Å². The molecule has 1 amide bonds. The molecule has 0 saturated carbocycles. The van der Waals surface area contributed by atoms with Gasteiger partial charge in [0.15, 0.2) is 0 Å². The van der Waals surface area contributed by atoms with Crippen LogP contribution in [0, 0.1) is 11.3 Å². The van der Waals surface area contributed by atoms with Crippen LogP contribution in [0.15, 0.2) is 11.6 Å². The van der Waals surface area contributed by atoms with E-state index in [0.29, 0.717) is 12.1 Å². The highest BCUT2D eigenvalue weighted by Gasteiger charge is 2.24. The third-order valence-electron chi connectivity index (χ3n) is 2.13. The number of amides is 1. The lowest BCUT2D eigenvalue weighted by atomic mass is 10.1. The number of carbonyl (C=O) groups is 1. The first-order valence-corrected chi connectivity index (χ1v) is 4.12. The second-order valence-electron chi connectivity index (χ2n) is 3.02. The van der Waals surface area contributed by atoms with Crippen LogP contribution in [0.4, 0.5) is 4.79 Å². The summed E-state index contributed by atoms with van der Waals surface area (Å²) in [5.41, 5.74) is 0.628. The van der Waals surface area contributed by atoms with Crippen molar-refractivity contribution in [3.05, 3.63) is 11.6 Å². The highest BCUT2D eigenvalue weighted by Crippen LogP contribution is 2.16. The molecule has 1 heterocycles. The molecule has 0 aromatic rings. The largest absolute Gasteiger partial charge is 0.453 e. The summed E-state index contributed by atoms with van der Waals surface area (Å²) in [5, 5.41) is 8.65. The van der Waals surface area contributed by atoms with Crippen LogP contribution >= 0.6 is 0 Å². The van der Waals surface area contributed by atoms with Gasteiger partial charge in [0.05, 0.1) is 19.7 Å². The van der Waals surface area contributed by atoms with Crippen LogP contribution in [0.5, 0.6) is 0 Å².